The van der Waals surface area contributed by atoms with Crippen LogP contribution in [0.3, 0.4) is 0 Å². The van der Waals surface area contributed by atoms with E-state index in [0.29, 0.717) is 18.8 Å². The molecule has 1 aliphatic heterocycles. The van der Waals surface area contributed by atoms with Gasteiger partial charge >= 0.3 is 0 Å². The van der Waals surface area contributed by atoms with Gasteiger partial charge in [0.15, 0.2) is 5.82 Å². The number of nitrogens with one attached hydrogen (secondary N) is 1. The van der Waals surface area contributed by atoms with E-state index in [1.807, 2.05) is 33.8 Å². The first-order valence-electron chi connectivity index (χ1n) is 8.45. The van der Waals surface area contributed by atoms with Crippen LogP contribution in [-0.4, -0.2) is 30.7 Å². The summed E-state index contributed by atoms with van der Waals surface area (Å²) < 4.78 is 3.71. The van der Waals surface area contributed by atoms with Gasteiger partial charge in [-0.05, 0) is 24.5 Å². The van der Waals surface area contributed by atoms with Gasteiger partial charge < -0.3 is 5.32 Å². The Kier molecular flexibility index (Phi) is 4.05. The Balaban J connectivity index is 1.40. The third-order valence-corrected chi connectivity index (χ3v) is 4.70. The molecule has 0 spiro atoms. The molecule has 7 nitrogen and oxygen atoms in total. The Bertz CT molecular complexity index is 896. The summed E-state index contributed by atoms with van der Waals surface area (Å²) in [5.74, 6) is 0.539. The van der Waals surface area contributed by atoms with Crippen LogP contribution in [0.2, 0.25) is 0 Å². The molecule has 128 valence electrons. The summed E-state index contributed by atoms with van der Waals surface area (Å²) in [4.78, 5) is 12.5. The van der Waals surface area contributed by atoms with E-state index >= 15 is 0 Å². The van der Waals surface area contributed by atoms with Crippen molar-refractivity contribution < 1.29 is 4.79 Å². The lowest BCUT2D eigenvalue weighted by molar-refractivity contribution is -0.120. The average molecular weight is 336 g/mol. The topological polar surface area (TPSA) is 77.6 Å². The Morgan fingerprint density at radius 3 is 3.08 bits per heavy atom. The SMILES string of the molecule is Cc1ccccc1Cn1ccc(NC(=O)C2CCn3nncc3C2)n1. The summed E-state index contributed by atoms with van der Waals surface area (Å²) in [6, 6.07) is 10.1. The van der Waals surface area contributed by atoms with Crippen molar-refractivity contribution in [3.8, 4) is 0 Å². The Hall–Kier alpha value is -2.96. The van der Waals surface area contributed by atoms with Gasteiger partial charge in [0.1, 0.15) is 0 Å². The molecule has 4 rings (SSSR count). The minimum absolute atomic E-state index is 0.00796. The number of carbonyl (C=O) groups excluding carboxylic acids is 1. The van der Waals surface area contributed by atoms with Crippen LogP contribution in [0.15, 0.2) is 42.7 Å². The van der Waals surface area contributed by atoms with E-state index in [2.05, 4.69) is 39.8 Å². The highest BCUT2D eigenvalue weighted by atomic mass is 16.2. The summed E-state index contributed by atoms with van der Waals surface area (Å²) >= 11 is 0. The molecule has 0 saturated carbocycles. The number of carbonyl (C=O) groups is 1. The van der Waals surface area contributed by atoms with Crippen molar-refractivity contribution in [1.29, 1.82) is 0 Å². The molecule has 1 N–H and O–H groups in total. The lowest BCUT2D eigenvalue weighted by Crippen LogP contribution is -2.30. The molecule has 25 heavy (non-hydrogen) atoms. The first kappa shape index (κ1) is 15.6. The molecule has 0 saturated heterocycles. The van der Waals surface area contributed by atoms with Crippen LogP contribution >= 0.6 is 0 Å². The predicted molar refractivity (Wildman–Crippen MR) is 93.0 cm³/mol. The first-order chi connectivity index (χ1) is 12.2. The zero-order chi connectivity index (χ0) is 17.2. The largest absolute Gasteiger partial charge is 0.309 e. The molecule has 0 radical (unpaired) electrons. The Morgan fingerprint density at radius 1 is 1.32 bits per heavy atom. The maximum absolute atomic E-state index is 12.5. The van der Waals surface area contributed by atoms with Crippen molar-refractivity contribution in [2.75, 3.05) is 5.32 Å². The van der Waals surface area contributed by atoms with E-state index < -0.39 is 0 Å². The van der Waals surface area contributed by atoms with E-state index in [9.17, 15) is 4.79 Å². The molecule has 2 aromatic heterocycles. The van der Waals surface area contributed by atoms with Crippen LogP contribution in [0.5, 0.6) is 0 Å². The van der Waals surface area contributed by atoms with E-state index in [1.165, 1.54) is 11.1 Å². The second kappa shape index (κ2) is 6.51. The van der Waals surface area contributed by atoms with Gasteiger partial charge in [0, 0.05) is 31.1 Å². The van der Waals surface area contributed by atoms with Crippen LogP contribution in [0, 0.1) is 12.8 Å². The van der Waals surface area contributed by atoms with Crippen LogP contribution in [0.25, 0.3) is 0 Å². The molecule has 0 fully saturated rings. The molecule has 1 aliphatic rings. The van der Waals surface area contributed by atoms with E-state index in [1.54, 1.807) is 6.20 Å². The molecule has 1 aromatic carbocycles. The van der Waals surface area contributed by atoms with E-state index in [4.69, 9.17) is 0 Å². The average Bonchev–Trinajstić information content (AvgIpc) is 3.25. The minimum Gasteiger partial charge on any atom is -0.309 e. The zero-order valence-electron chi connectivity index (χ0n) is 14.1. The molecule has 0 bridgehead atoms. The van der Waals surface area contributed by atoms with Crippen molar-refractivity contribution in [2.24, 2.45) is 5.92 Å². The monoisotopic (exact) mass is 336 g/mol. The third-order valence-electron chi connectivity index (χ3n) is 4.70. The molecular weight excluding hydrogens is 316 g/mol. The fraction of sp³-hybridized carbons (Fsp3) is 0.333. The first-order valence-corrected chi connectivity index (χ1v) is 8.45. The molecule has 1 unspecified atom stereocenters. The van der Waals surface area contributed by atoms with Gasteiger partial charge in [-0.2, -0.15) is 5.10 Å². The Morgan fingerprint density at radius 2 is 2.20 bits per heavy atom. The van der Waals surface area contributed by atoms with Crippen molar-refractivity contribution >= 4 is 11.7 Å². The lowest BCUT2D eigenvalue weighted by Gasteiger charge is -2.21. The van der Waals surface area contributed by atoms with Crippen molar-refractivity contribution in [2.45, 2.75) is 32.9 Å². The minimum atomic E-state index is -0.0625. The molecule has 1 atom stereocenters. The molecule has 1 amide bonds. The quantitative estimate of drug-likeness (QED) is 0.791. The standard InChI is InChI=1S/C18H20N6O/c1-13-4-2-3-5-15(13)12-23-8-7-17(21-23)20-18(25)14-6-9-24-16(10-14)11-19-22-24/h2-5,7-8,11,14H,6,9-10,12H2,1H3,(H,20,21,25). The molecular formula is C18H20N6O. The number of aromatic nitrogens is 5. The number of hydrogen-bond donors (Lipinski definition) is 1. The summed E-state index contributed by atoms with van der Waals surface area (Å²) in [5, 5.41) is 15.3. The fourth-order valence-electron chi connectivity index (χ4n) is 3.19. The highest BCUT2D eigenvalue weighted by Gasteiger charge is 2.26. The lowest BCUT2D eigenvalue weighted by atomic mass is 9.95. The van der Waals surface area contributed by atoms with Gasteiger partial charge in [0.25, 0.3) is 0 Å². The highest BCUT2D eigenvalue weighted by molar-refractivity contribution is 5.91. The van der Waals surface area contributed by atoms with Crippen molar-refractivity contribution in [1.82, 2.24) is 24.8 Å². The van der Waals surface area contributed by atoms with Gasteiger partial charge in [-0.25, -0.2) is 4.68 Å². The van der Waals surface area contributed by atoms with Crippen LogP contribution in [0.4, 0.5) is 5.82 Å². The normalized spacial score (nSPS) is 16.4. The number of fused-ring (bicyclic) bond motifs is 1. The smallest absolute Gasteiger partial charge is 0.229 e. The number of anilines is 1. The van der Waals surface area contributed by atoms with E-state index in [0.717, 1.165) is 18.7 Å². The maximum Gasteiger partial charge on any atom is 0.229 e. The third kappa shape index (κ3) is 3.31. The second-order valence-electron chi connectivity index (χ2n) is 6.45. The number of hydrogen-bond acceptors (Lipinski definition) is 4. The van der Waals surface area contributed by atoms with Gasteiger partial charge in [0.05, 0.1) is 18.4 Å². The molecule has 7 heteroatoms. The second-order valence-corrected chi connectivity index (χ2v) is 6.45. The number of amides is 1. The van der Waals surface area contributed by atoms with Gasteiger partial charge in [0.2, 0.25) is 5.91 Å². The van der Waals surface area contributed by atoms with E-state index in [-0.39, 0.29) is 11.8 Å². The molecule has 0 aliphatic carbocycles. The highest BCUT2D eigenvalue weighted by Crippen LogP contribution is 2.20. The van der Waals surface area contributed by atoms with Crippen molar-refractivity contribution in [3.05, 3.63) is 59.5 Å². The number of aryl methyl sites for hydroxylation is 2. The van der Waals surface area contributed by atoms with Crippen LogP contribution in [-0.2, 0) is 24.3 Å². The number of rotatable bonds is 4. The summed E-state index contributed by atoms with van der Waals surface area (Å²) in [7, 11) is 0. The number of benzene rings is 1. The predicted octanol–water partition coefficient (Wildman–Crippen LogP) is 2.03. The maximum atomic E-state index is 12.5. The summed E-state index contributed by atoms with van der Waals surface area (Å²) in [6.45, 7) is 3.51. The molecule has 3 aromatic rings. The van der Waals surface area contributed by atoms with Crippen molar-refractivity contribution in [3.63, 3.8) is 0 Å². The molecule has 3 heterocycles. The summed E-state index contributed by atoms with van der Waals surface area (Å²) in [5.41, 5.74) is 3.46. The van der Waals surface area contributed by atoms with Gasteiger partial charge in [-0.3, -0.25) is 9.48 Å². The van der Waals surface area contributed by atoms with Gasteiger partial charge in [-0.1, -0.05) is 29.5 Å². The fourth-order valence-corrected chi connectivity index (χ4v) is 3.19. The van der Waals surface area contributed by atoms with Crippen LogP contribution < -0.4 is 5.32 Å². The zero-order valence-corrected chi connectivity index (χ0v) is 14.1. The summed E-state index contributed by atoms with van der Waals surface area (Å²) in [6.07, 6.45) is 5.06. The van der Waals surface area contributed by atoms with Crippen LogP contribution in [0.1, 0.15) is 23.2 Å². The Labute approximate surface area is 145 Å². The number of nitrogens with zero attached hydrogens (tertiary/aromatic N) is 5. The van der Waals surface area contributed by atoms with Gasteiger partial charge in [-0.15, -0.1) is 5.10 Å².